The van der Waals surface area contributed by atoms with Gasteiger partial charge in [0.2, 0.25) is 0 Å². The number of fused-ring (bicyclic) bond motifs is 1. The van der Waals surface area contributed by atoms with E-state index < -0.39 is 22.5 Å². The maximum Gasteiger partial charge on any atom is 0.399 e. The van der Waals surface area contributed by atoms with Crippen molar-refractivity contribution in [1.82, 2.24) is 24.9 Å². The summed E-state index contributed by atoms with van der Waals surface area (Å²) in [5.74, 6) is 0. The van der Waals surface area contributed by atoms with Gasteiger partial charge in [0, 0.05) is 0 Å². The number of hydrogen-bond donors (Lipinski definition) is 3. The molecule has 0 aliphatic heterocycles. The molecule has 0 amide bonds. The summed E-state index contributed by atoms with van der Waals surface area (Å²) < 4.78 is 0.0110. The molecule has 0 aliphatic rings. The first-order valence-corrected chi connectivity index (χ1v) is 3.41. The Balaban J connectivity index is 3.19. The lowest BCUT2D eigenvalue weighted by atomic mass is 10.5. The molecule has 0 radical (unpaired) electrons. The fourth-order valence-electron chi connectivity index (χ4n) is 0.967. The van der Waals surface area contributed by atoms with Gasteiger partial charge in [0.05, 0.1) is 0 Å². The number of H-pyrrole nitrogens is 2. The number of hydrogen-bond acceptors (Lipinski definition) is 6. The number of aromatic nitrogens is 5. The van der Waals surface area contributed by atoms with Gasteiger partial charge >= 0.3 is 11.4 Å². The summed E-state index contributed by atoms with van der Waals surface area (Å²) in [5.41, 5.74) is -3.53. The smallest absolute Gasteiger partial charge is 0.399 e. The lowest BCUT2D eigenvalue weighted by Crippen LogP contribution is -2.31. The fraction of sp³-hybridized carbons (Fsp3) is 0. The molecule has 2 heterocycles. The van der Waals surface area contributed by atoms with Crippen LogP contribution in [0.2, 0.25) is 0 Å². The summed E-state index contributed by atoms with van der Waals surface area (Å²) in [4.78, 5) is 36.5. The molecule has 9 nitrogen and oxygen atoms in total. The van der Waals surface area contributed by atoms with Crippen molar-refractivity contribution in [2.75, 3.05) is 0 Å². The third-order valence-electron chi connectivity index (χ3n) is 1.53. The average molecular weight is 197 g/mol. The van der Waals surface area contributed by atoms with E-state index in [0.717, 1.165) is 0 Å². The van der Waals surface area contributed by atoms with E-state index in [1.54, 1.807) is 0 Å². The molecule has 0 fully saturated rings. The average Bonchev–Trinajstić information content (AvgIpc) is 2.10. The molecule has 0 atom stereocenters. The van der Waals surface area contributed by atoms with Gasteiger partial charge in [-0.1, -0.05) is 5.10 Å². The first-order valence-electron chi connectivity index (χ1n) is 3.41. The Morgan fingerprint density at radius 1 is 1.14 bits per heavy atom. The van der Waals surface area contributed by atoms with Crippen molar-refractivity contribution in [1.29, 1.82) is 0 Å². The van der Waals surface area contributed by atoms with Crippen molar-refractivity contribution >= 4 is 11.2 Å². The van der Waals surface area contributed by atoms with Crippen LogP contribution in [0.1, 0.15) is 0 Å². The second-order valence-corrected chi connectivity index (χ2v) is 2.40. The van der Waals surface area contributed by atoms with Crippen LogP contribution in [0.3, 0.4) is 0 Å². The minimum absolute atomic E-state index is 0.0110. The van der Waals surface area contributed by atoms with Crippen molar-refractivity contribution in [3.8, 4) is 0 Å². The number of aromatic amines is 2. The monoisotopic (exact) mass is 197 g/mol. The summed E-state index contributed by atoms with van der Waals surface area (Å²) in [5, 5.41) is 15.3. The maximum atomic E-state index is 11.1. The van der Waals surface area contributed by atoms with Crippen LogP contribution in [-0.4, -0.2) is 30.1 Å². The number of nitrogens with zero attached hydrogens (tertiary/aromatic N) is 3. The highest BCUT2D eigenvalue weighted by atomic mass is 16.5. The van der Waals surface area contributed by atoms with Crippen LogP contribution in [-0.2, 0) is 0 Å². The van der Waals surface area contributed by atoms with E-state index in [2.05, 4.69) is 15.2 Å². The van der Waals surface area contributed by atoms with Crippen molar-refractivity contribution in [2.45, 2.75) is 0 Å². The molecule has 0 saturated carbocycles. The minimum atomic E-state index is -1.10. The first-order chi connectivity index (χ1) is 6.59. The van der Waals surface area contributed by atoms with Crippen molar-refractivity contribution in [3.05, 3.63) is 31.3 Å². The standard InChI is InChI=1S/C5H3N5O4/c11-3-1-2(6-4(12)7-3)8-9-5(13)10(1)14/h14H,(H2,6,7,11,12). The van der Waals surface area contributed by atoms with Crippen LogP contribution in [0.25, 0.3) is 11.2 Å². The van der Waals surface area contributed by atoms with Crippen LogP contribution in [0, 0.1) is 0 Å². The lowest BCUT2D eigenvalue weighted by Gasteiger charge is -1.97. The molecule has 2 aromatic heterocycles. The van der Waals surface area contributed by atoms with Gasteiger partial charge in [-0.2, -0.15) is 0 Å². The van der Waals surface area contributed by atoms with Crippen molar-refractivity contribution in [3.63, 3.8) is 0 Å². The molecule has 0 aliphatic carbocycles. The third-order valence-corrected chi connectivity index (χ3v) is 1.53. The van der Waals surface area contributed by atoms with Gasteiger partial charge in [-0.25, -0.2) is 9.59 Å². The van der Waals surface area contributed by atoms with Gasteiger partial charge < -0.3 is 5.21 Å². The van der Waals surface area contributed by atoms with Gasteiger partial charge in [0.15, 0.2) is 11.2 Å². The van der Waals surface area contributed by atoms with E-state index in [0.29, 0.717) is 0 Å². The highest BCUT2D eigenvalue weighted by molar-refractivity contribution is 5.66. The largest absolute Gasteiger partial charge is 0.423 e. The van der Waals surface area contributed by atoms with E-state index in [1.807, 2.05) is 4.98 Å². The summed E-state index contributed by atoms with van der Waals surface area (Å²) in [6.45, 7) is 0. The van der Waals surface area contributed by atoms with Crippen molar-refractivity contribution in [2.24, 2.45) is 0 Å². The Labute approximate surface area is 73.6 Å². The summed E-state index contributed by atoms with van der Waals surface area (Å²) >= 11 is 0. The molecular formula is C5H3N5O4. The Kier molecular flexibility index (Phi) is 1.47. The zero-order chi connectivity index (χ0) is 10.3. The zero-order valence-corrected chi connectivity index (χ0v) is 6.51. The molecule has 0 bridgehead atoms. The van der Waals surface area contributed by atoms with Gasteiger partial charge in [0.1, 0.15) is 0 Å². The second kappa shape index (κ2) is 2.52. The molecule has 14 heavy (non-hydrogen) atoms. The van der Waals surface area contributed by atoms with Crippen LogP contribution in [0.15, 0.2) is 14.4 Å². The highest BCUT2D eigenvalue weighted by Gasteiger charge is 2.08. The molecule has 0 spiro atoms. The molecule has 2 aromatic rings. The highest BCUT2D eigenvalue weighted by Crippen LogP contribution is 1.91. The van der Waals surface area contributed by atoms with Crippen LogP contribution in [0.4, 0.5) is 0 Å². The molecule has 0 unspecified atom stereocenters. The summed E-state index contributed by atoms with van der Waals surface area (Å²) in [7, 11) is 0. The Hall–Kier alpha value is -2.45. The molecule has 0 aromatic carbocycles. The van der Waals surface area contributed by atoms with E-state index in [4.69, 9.17) is 5.21 Å². The molecule has 0 saturated heterocycles. The molecular weight excluding hydrogens is 194 g/mol. The Bertz CT molecular complexity index is 664. The Morgan fingerprint density at radius 2 is 1.86 bits per heavy atom. The van der Waals surface area contributed by atoms with E-state index in [1.165, 1.54) is 0 Å². The van der Waals surface area contributed by atoms with Crippen LogP contribution < -0.4 is 16.9 Å². The second-order valence-electron chi connectivity index (χ2n) is 2.40. The normalized spacial score (nSPS) is 10.6. The fourth-order valence-corrected chi connectivity index (χ4v) is 0.967. The summed E-state index contributed by atoms with van der Waals surface area (Å²) in [6.07, 6.45) is 0. The van der Waals surface area contributed by atoms with E-state index in [-0.39, 0.29) is 10.4 Å². The van der Waals surface area contributed by atoms with Gasteiger partial charge in [-0.15, -0.1) is 9.83 Å². The maximum absolute atomic E-state index is 11.1. The first kappa shape index (κ1) is 8.16. The van der Waals surface area contributed by atoms with E-state index in [9.17, 15) is 14.4 Å². The van der Waals surface area contributed by atoms with Gasteiger partial charge in [0.25, 0.3) is 5.56 Å². The SMILES string of the molecule is O=c1[nH]c(=O)c2c(nnc(=O)n2O)[nH]1. The summed E-state index contributed by atoms with van der Waals surface area (Å²) in [6, 6.07) is 0. The topological polar surface area (TPSA) is 134 Å². The number of rotatable bonds is 0. The lowest BCUT2D eigenvalue weighted by molar-refractivity contribution is 0.181. The predicted molar refractivity (Wildman–Crippen MR) is 42.2 cm³/mol. The van der Waals surface area contributed by atoms with Crippen LogP contribution in [0.5, 0.6) is 0 Å². The zero-order valence-electron chi connectivity index (χ0n) is 6.51. The molecule has 2 rings (SSSR count). The van der Waals surface area contributed by atoms with Gasteiger partial charge in [-0.3, -0.25) is 14.8 Å². The predicted octanol–water partition coefficient (Wildman–Crippen LogP) is -2.59. The van der Waals surface area contributed by atoms with Gasteiger partial charge in [-0.05, 0) is 0 Å². The number of nitrogens with one attached hydrogen (secondary N) is 2. The quantitative estimate of drug-likeness (QED) is 0.396. The minimum Gasteiger partial charge on any atom is -0.423 e. The van der Waals surface area contributed by atoms with E-state index >= 15 is 0 Å². The Morgan fingerprint density at radius 3 is 2.57 bits per heavy atom. The third kappa shape index (κ3) is 0.990. The molecule has 3 N–H and O–H groups in total. The van der Waals surface area contributed by atoms with Crippen molar-refractivity contribution < 1.29 is 5.21 Å². The molecule has 72 valence electrons. The van der Waals surface area contributed by atoms with Crippen LogP contribution >= 0.6 is 0 Å². The molecule has 9 heteroatoms.